The zero-order valence-corrected chi connectivity index (χ0v) is 36.7. The Morgan fingerprint density at radius 3 is 1.91 bits per heavy atom. The SMILES string of the molecule is COc1ccc(OC)c(Sc2nc3c(N)ncnc3n2CCc2ccc3c(c2)OCO3)c1.COc1ccc(OC)c(Sc2nc3c([nH]2)c(=N)ncn3CCc2ccc3c(c2)OCO3)c1. The second-order valence-corrected chi connectivity index (χ2v) is 16.2. The zero-order valence-electron chi connectivity index (χ0n) is 35.1. The van der Waals surface area contributed by atoms with Crippen LogP contribution in [0.1, 0.15) is 11.1 Å². The average Bonchev–Trinajstić information content (AvgIpc) is 4.15. The molecule has 328 valence electrons. The molecule has 4 N–H and O–H groups in total. The second-order valence-electron chi connectivity index (χ2n) is 14.1. The highest BCUT2D eigenvalue weighted by molar-refractivity contribution is 7.99. The quantitative estimate of drug-likeness (QED) is 0.101. The smallest absolute Gasteiger partial charge is 0.231 e. The molecule has 6 heterocycles. The molecule has 8 aromatic rings. The summed E-state index contributed by atoms with van der Waals surface area (Å²) in [6, 6.07) is 23.1. The van der Waals surface area contributed by atoms with Crippen LogP contribution in [0.4, 0.5) is 5.82 Å². The monoisotopic (exact) mass is 902 g/mol. The summed E-state index contributed by atoms with van der Waals surface area (Å²) in [6.07, 6.45) is 4.61. The number of anilines is 1. The lowest BCUT2D eigenvalue weighted by atomic mass is 10.1. The van der Waals surface area contributed by atoms with Gasteiger partial charge in [-0.05, 0) is 108 Å². The number of fused-ring (bicyclic) bond motifs is 4. The van der Waals surface area contributed by atoms with Gasteiger partial charge in [0.25, 0.3) is 0 Å². The van der Waals surface area contributed by atoms with Crippen LogP contribution in [-0.4, -0.2) is 81.1 Å². The van der Waals surface area contributed by atoms with Gasteiger partial charge in [0.05, 0.1) is 44.6 Å². The van der Waals surface area contributed by atoms with E-state index in [9.17, 15) is 0 Å². The highest BCUT2D eigenvalue weighted by Crippen LogP contribution is 2.40. The number of rotatable bonds is 14. The van der Waals surface area contributed by atoms with Crippen molar-refractivity contribution in [3.8, 4) is 46.0 Å². The maximum Gasteiger partial charge on any atom is 0.231 e. The van der Waals surface area contributed by atoms with Gasteiger partial charge >= 0.3 is 0 Å². The van der Waals surface area contributed by atoms with Crippen molar-refractivity contribution in [3.05, 3.63) is 102 Å². The number of nitrogens with one attached hydrogen (secondary N) is 2. The molecule has 10 rings (SSSR count). The van der Waals surface area contributed by atoms with Crippen molar-refractivity contribution in [2.45, 2.75) is 46.0 Å². The number of ether oxygens (including phenoxy) is 8. The Morgan fingerprint density at radius 2 is 1.28 bits per heavy atom. The Hall–Kier alpha value is -7.32. The van der Waals surface area contributed by atoms with Crippen molar-refractivity contribution < 1.29 is 37.9 Å². The molecular formula is C44H42N10O8S2. The molecule has 2 aliphatic rings. The normalized spacial score (nSPS) is 12.3. The van der Waals surface area contributed by atoms with Crippen LogP contribution >= 0.6 is 23.5 Å². The van der Waals surface area contributed by atoms with Gasteiger partial charge in [0.1, 0.15) is 34.8 Å². The summed E-state index contributed by atoms with van der Waals surface area (Å²) in [6.45, 7) is 1.81. The molecule has 0 atom stereocenters. The number of hydrogen-bond acceptors (Lipinski definition) is 17. The van der Waals surface area contributed by atoms with E-state index in [1.807, 2.05) is 81.9 Å². The fourth-order valence-corrected chi connectivity index (χ4v) is 8.97. The number of nitrogens with two attached hydrogens (primary N) is 1. The van der Waals surface area contributed by atoms with Gasteiger partial charge in [-0.15, -0.1) is 0 Å². The first kappa shape index (κ1) is 42.0. The topological polar surface area (TPSA) is 214 Å². The zero-order chi connectivity index (χ0) is 44.2. The fourth-order valence-electron chi connectivity index (χ4n) is 7.00. The molecule has 64 heavy (non-hydrogen) atoms. The van der Waals surface area contributed by atoms with Crippen LogP contribution in [0.5, 0.6) is 46.0 Å². The minimum atomic E-state index is 0.149. The third kappa shape index (κ3) is 8.82. The number of imidazole rings is 2. The van der Waals surface area contributed by atoms with Crippen molar-refractivity contribution in [1.29, 1.82) is 5.41 Å². The molecule has 4 aromatic heterocycles. The molecule has 2 aliphatic heterocycles. The van der Waals surface area contributed by atoms with E-state index >= 15 is 0 Å². The van der Waals surface area contributed by atoms with E-state index in [1.165, 1.54) is 29.9 Å². The van der Waals surface area contributed by atoms with Crippen LogP contribution in [0.15, 0.2) is 106 Å². The predicted octanol–water partition coefficient (Wildman–Crippen LogP) is 6.93. The van der Waals surface area contributed by atoms with E-state index in [0.717, 1.165) is 84.9 Å². The summed E-state index contributed by atoms with van der Waals surface area (Å²) in [5, 5.41) is 9.57. The molecule has 0 saturated carbocycles. The molecule has 20 heteroatoms. The molecule has 0 spiro atoms. The van der Waals surface area contributed by atoms with Gasteiger partial charge in [-0.2, -0.15) is 0 Å². The van der Waals surface area contributed by atoms with Gasteiger partial charge in [0.15, 0.2) is 61.4 Å². The van der Waals surface area contributed by atoms with Crippen LogP contribution in [-0.2, 0) is 25.9 Å². The van der Waals surface area contributed by atoms with Gasteiger partial charge in [-0.3, -0.25) is 5.41 Å². The van der Waals surface area contributed by atoms with Crippen molar-refractivity contribution >= 4 is 51.7 Å². The first-order valence-corrected chi connectivity index (χ1v) is 21.5. The molecule has 0 bridgehead atoms. The molecule has 0 amide bonds. The summed E-state index contributed by atoms with van der Waals surface area (Å²) in [4.78, 5) is 27.2. The number of nitrogens with zero attached hydrogens (tertiary/aromatic N) is 7. The Balaban J connectivity index is 0.000000162. The summed E-state index contributed by atoms with van der Waals surface area (Å²) < 4.78 is 47.5. The Labute approximate surface area is 374 Å². The van der Waals surface area contributed by atoms with Gasteiger partial charge in [-0.25, -0.2) is 24.9 Å². The third-order valence-corrected chi connectivity index (χ3v) is 12.3. The fraction of sp³-hybridized carbons (Fsp3) is 0.227. The van der Waals surface area contributed by atoms with E-state index in [1.54, 1.807) is 34.8 Å². The molecular weight excluding hydrogens is 861 g/mol. The summed E-state index contributed by atoms with van der Waals surface area (Å²) in [5.41, 5.74) is 11.0. The number of methoxy groups -OCH3 is 4. The van der Waals surface area contributed by atoms with Crippen LogP contribution in [0.25, 0.3) is 22.3 Å². The largest absolute Gasteiger partial charge is 0.497 e. The van der Waals surface area contributed by atoms with Gasteiger partial charge in [0.2, 0.25) is 13.6 Å². The van der Waals surface area contributed by atoms with Crippen LogP contribution in [0, 0.1) is 5.41 Å². The molecule has 0 saturated heterocycles. The second kappa shape index (κ2) is 18.6. The number of nitrogen functional groups attached to an aromatic ring is 1. The average molecular weight is 903 g/mol. The first-order chi connectivity index (χ1) is 31.3. The number of hydrogen-bond donors (Lipinski definition) is 3. The maximum absolute atomic E-state index is 8.20. The lowest BCUT2D eigenvalue weighted by Gasteiger charge is -2.12. The number of benzene rings is 4. The highest BCUT2D eigenvalue weighted by atomic mass is 32.2. The number of aromatic nitrogens is 8. The van der Waals surface area contributed by atoms with Gasteiger partial charge in [0, 0.05) is 13.1 Å². The lowest BCUT2D eigenvalue weighted by Crippen LogP contribution is -2.13. The third-order valence-electron chi connectivity index (χ3n) is 10.3. The molecule has 4 aromatic carbocycles. The van der Waals surface area contributed by atoms with Crippen molar-refractivity contribution in [1.82, 2.24) is 39.0 Å². The van der Waals surface area contributed by atoms with E-state index in [4.69, 9.17) is 59.0 Å². The summed E-state index contributed by atoms with van der Waals surface area (Å²) in [7, 11) is 6.52. The van der Waals surface area contributed by atoms with Crippen molar-refractivity contribution in [3.63, 3.8) is 0 Å². The number of aromatic amines is 1. The molecule has 0 unspecified atom stereocenters. The summed E-state index contributed by atoms with van der Waals surface area (Å²) >= 11 is 2.88. The molecule has 0 fully saturated rings. The number of aryl methyl sites for hydroxylation is 4. The minimum Gasteiger partial charge on any atom is -0.497 e. The minimum absolute atomic E-state index is 0.149. The van der Waals surface area contributed by atoms with Crippen LogP contribution in [0.2, 0.25) is 0 Å². The maximum atomic E-state index is 8.20. The van der Waals surface area contributed by atoms with E-state index in [-0.39, 0.29) is 19.1 Å². The number of H-pyrrole nitrogens is 1. The van der Waals surface area contributed by atoms with Crippen LogP contribution < -0.4 is 49.1 Å². The standard InChI is InChI=1S/2C22H21N5O4S/c1-28-14-4-6-16(29-2)18(10-14)32-22-25-19-20(23)24-11-27(21(19)26-22)8-7-13-3-5-15-17(9-13)31-12-30-15;1-28-14-4-6-16(29-2)18(10-14)32-22-26-19-20(23)24-11-25-21(19)27(22)8-7-13-3-5-15-17(9-13)31-12-30-15/h3-6,9-11,23H,7-8,12H2,1-2H3,(H,25,26);3-6,9-11H,7-8,12H2,1-2H3,(H2,23,24,25). The van der Waals surface area contributed by atoms with E-state index in [0.29, 0.717) is 46.4 Å². The summed E-state index contributed by atoms with van der Waals surface area (Å²) in [5.74, 6) is 6.32. The highest BCUT2D eigenvalue weighted by Gasteiger charge is 2.20. The van der Waals surface area contributed by atoms with Crippen molar-refractivity contribution in [2.75, 3.05) is 47.8 Å². The molecule has 0 aliphatic carbocycles. The van der Waals surface area contributed by atoms with Crippen LogP contribution in [0.3, 0.4) is 0 Å². The van der Waals surface area contributed by atoms with Gasteiger partial charge in [-0.1, -0.05) is 12.1 Å². The van der Waals surface area contributed by atoms with Crippen molar-refractivity contribution in [2.24, 2.45) is 0 Å². The Morgan fingerprint density at radius 1 is 0.672 bits per heavy atom. The lowest BCUT2D eigenvalue weighted by molar-refractivity contribution is 0.173. The molecule has 0 radical (unpaired) electrons. The van der Waals surface area contributed by atoms with Gasteiger partial charge < -0.3 is 57.7 Å². The molecule has 18 nitrogen and oxygen atoms in total. The first-order valence-electron chi connectivity index (χ1n) is 19.8. The van der Waals surface area contributed by atoms with E-state index < -0.39 is 0 Å². The Bertz CT molecular complexity index is 3050. The Kier molecular flexibility index (Phi) is 12.2. The van der Waals surface area contributed by atoms with E-state index in [2.05, 4.69) is 19.9 Å². The predicted molar refractivity (Wildman–Crippen MR) is 237 cm³/mol.